The Labute approximate surface area is 112 Å². The third-order valence-corrected chi connectivity index (χ3v) is 3.36. The lowest BCUT2D eigenvalue weighted by Gasteiger charge is -2.13. The standard InChI is InChI=1S/C12H11BrN2O3/c13-9-3-2-7(8-6-15-18-12(8)14)10-11(9)17-5-1-4-16-10/h2-3,6H,1,4-5,14H2. The lowest BCUT2D eigenvalue weighted by atomic mass is 10.1. The van der Waals surface area contributed by atoms with Gasteiger partial charge in [-0.15, -0.1) is 0 Å². The van der Waals surface area contributed by atoms with Gasteiger partial charge in [0.25, 0.3) is 0 Å². The molecule has 1 aromatic heterocycles. The molecule has 1 aliphatic heterocycles. The van der Waals surface area contributed by atoms with E-state index in [1.165, 1.54) is 0 Å². The van der Waals surface area contributed by atoms with Crippen LogP contribution in [-0.2, 0) is 0 Å². The second kappa shape index (κ2) is 4.53. The first-order chi connectivity index (χ1) is 8.77. The number of hydrogen-bond acceptors (Lipinski definition) is 5. The van der Waals surface area contributed by atoms with Gasteiger partial charge in [-0.05, 0) is 28.1 Å². The monoisotopic (exact) mass is 310 g/mol. The minimum Gasteiger partial charge on any atom is -0.489 e. The first-order valence-electron chi connectivity index (χ1n) is 5.56. The molecule has 1 aromatic carbocycles. The molecule has 0 radical (unpaired) electrons. The third-order valence-electron chi connectivity index (χ3n) is 2.73. The molecule has 2 aromatic rings. The van der Waals surface area contributed by atoms with Crippen LogP contribution in [0.3, 0.4) is 0 Å². The van der Waals surface area contributed by atoms with Gasteiger partial charge in [0.1, 0.15) is 0 Å². The third kappa shape index (κ3) is 1.82. The maximum absolute atomic E-state index is 5.76. The zero-order valence-electron chi connectivity index (χ0n) is 9.48. The van der Waals surface area contributed by atoms with E-state index in [0.717, 1.165) is 16.5 Å². The van der Waals surface area contributed by atoms with Crippen molar-refractivity contribution in [2.24, 2.45) is 0 Å². The van der Waals surface area contributed by atoms with E-state index in [1.807, 2.05) is 12.1 Å². The smallest absolute Gasteiger partial charge is 0.230 e. The summed E-state index contributed by atoms with van der Waals surface area (Å²) in [5.41, 5.74) is 7.29. The predicted molar refractivity (Wildman–Crippen MR) is 69.7 cm³/mol. The number of ether oxygens (including phenoxy) is 2. The number of hydrogen-bond donors (Lipinski definition) is 1. The molecule has 3 rings (SSSR count). The van der Waals surface area contributed by atoms with Gasteiger partial charge >= 0.3 is 0 Å². The van der Waals surface area contributed by atoms with Crippen LogP contribution in [0.25, 0.3) is 11.1 Å². The van der Waals surface area contributed by atoms with Gasteiger partial charge in [0, 0.05) is 12.0 Å². The molecular weight excluding hydrogens is 300 g/mol. The number of fused-ring (bicyclic) bond motifs is 1. The summed E-state index contributed by atoms with van der Waals surface area (Å²) in [5.74, 6) is 1.65. The van der Waals surface area contributed by atoms with Gasteiger partial charge in [0.2, 0.25) is 5.88 Å². The highest BCUT2D eigenvalue weighted by atomic mass is 79.9. The van der Waals surface area contributed by atoms with E-state index in [0.29, 0.717) is 30.3 Å². The molecule has 5 nitrogen and oxygen atoms in total. The minimum absolute atomic E-state index is 0.271. The molecule has 0 unspecified atom stereocenters. The molecule has 0 atom stereocenters. The van der Waals surface area contributed by atoms with Crippen molar-refractivity contribution in [2.75, 3.05) is 18.9 Å². The molecule has 0 fully saturated rings. The van der Waals surface area contributed by atoms with Crippen LogP contribution in [0.4, 0.5) is 5.88 Å². The van der Waals surface area contributed by atoms with Crippen molar-refractivity contribution in [1.82, 2.24) is 5.16 Å². The van der Waals surface area contributed by atoms with Gasteiger partial charge in [0.05, 0.1) is 29.4 Å². The highest BCUT2D eigenvalue weighted by Crippen LogP contribution is 2.45. The second-order valence-electron chi connectivity index (χ2n) is 3.91. The summed E-state index contributed by atoms with van der Waals surface area (Å²) in [6.07, 6.45) is 2.42. The van der Waals surface area contributed by atoms with Crippen molar-refractivity contribution in [3.63, 3.8) is 0 Å². The molecule has 6 heteroatoms. The summed E-state index contributed by atoms with van der Waals surface area (Å²) in [6.45, 7) is 1.25. The summed E-state index contributed by atoms with van der Waals surface area (Å²) in [6, 6.07) is 3.80. The van der Waals surface area contributed by atoms with Crippen LogP contribution in [0.2, 0.25) is 0 Å². The first-order valence-corrected chi connectivity index (χ1v) is 6.35. The Balaban J connectivity index is 2.19. The Morgan fingerprint density at radius 3 is 2.61 bits per heavy atom. The van der Waals surface area contributed by atoms with Crippen LogP contribution in [0, 0.1) is 0 Å². The molecule has 2 N–H and O–H groups in total. The molecule has 0 saturated carbocycles. The highest BCUT2D eigenvalue weighted by molar-refractivity contribution is 9.10. The number of aromatic nitrogens is 1. The van der Waals surface area contributed by atoms with Crippen molar-refractivity contribution >= 4 is 21.8 Å². The first kappa shape index (κ1) is 11.4. The van der Waals surface area contributed by atoms with E-state index in [1.54, 1.807) is 6.20 Å². The fourth-order valence-corrected chi connectivity index (χ4v) is 2.31. The number of nitrogens with zero attached hydrogens (tertiary/aromatic N) is 1. The maximum atomic E-state index is 5.76. The van der Waals surface area contributed by atoms with Crippen molar-refractivity contribution < 1.29 is 14.0 Å². The molecule has 94 valence electrons. The Bertz CT molecular complexity index is 583. The zero-order valence-corrected chi connectivity index (χ0v) is 11.1. The van der Waals surface area contributed by atoms with Crippen LogP contribution in [0.1, 0.15) is 6.42 Å². The van der Waals surface area contributed by atoms with E-state index in [-0.39, 0.29) is 5.88 Å². The Hall–Kier alpha value is -1.69. The van der Waals surface area contributed by atoms with Crippen molar-refractivity contribution in [3.05, 3.63) is 22.8 Å². The SMILES string of the molecule is Nc1oncc1-c1ccc(Br)c2c1OCCCO2. The molecule has 1 aliphatic rings. The van der Waals surface area contributed by atoms with Crippen LogP contribution >= 0.6 is 15.9 Å². The number of rotatable bonds is 1. The predicted octanol–water partition coefficient (Wildman–Crippen LogP) is 2.85. The number of halogens is 1. The summed E-state index contributed by atoms with van der Waals surface area (Å²) < 4.78 is 17.2. The number of nitrogens with two attached hydrogens (primary N) is 1. The Kier molecular flexibility index (Phi) is 2.87. The fraction of sp³-hybridized carbons (Fsp3) is 0.250. The summed E-state index contributed by atoms with van der Waals surface area (Å²) in [4.78, 5) is 0. The summed E-state index contributed by atoms with van der Waals surface area (Å²) >= 11 is 3.46. The number of benzene rings is 1. The number of anilines is 1. The normalized spacial score (nSPS) is 14.3. The van der Waals surface area contributed by atoms with E-state index >= 15 is 0 Å². The van der Waals surface area contributed by atoms with Crippen LogP contribution < -0.4 is 15.2 Å². The molecule has 18 heavy (non-hydrogen) atoms. The van der Waals surface area contributed by atoms with Gasteiger partial charge in [-0.1, -0.05) is 5.16 Å². The highest BCUT2D eigenvalue weighted by Gasteiger charge is 2.21. The second-order valence-corrected chi connectivity index (χ2v) is 4.76. The lowest BCUT2D eigenvalue weighted by molar-refractivity contribution is 0.296. The Morgan fingerprint density at radius 1 is 1.11 bits per heavy atom. The largest absolute Gasteiger partial charge is 0.489 e. The number of nitrogen functional groups attached to an aromatic ring is 1. The topological polar surface area (TPSA) is 70.5 Å². The van der Waals surface area contributed by atoms with Crippen molar-refractivity contribution in [2.45, 2.75) is 6.42 Å². The quantitative estimate of drug-likeness (QED) is 0.877. The minimum atomic E-state index is 0.271. The van der Waals surface area contributed by atoms with Gasteiger partial charge in [-0.3, -0.25) is 0 Å². The average molecular weight is 311 g/mol. The summed E-state index contributed by atoms with van der Waals surface area (Å²) in [7, 11) is 0. The van der Waals surface area contributed by atoms with Crippen LogP contribution in [-0.4, -0.2) is 18.4 Å². The van der Waals surface area contributed by atoms with Crippen molar-refractivity contribution in [1.29, 1.82) is 0 Å². The maximum Gasteiger partial charge on any atom is 0.230 e. The molecule has 0 saturated heterocycles. The molecule has 0 aliphatic carbocycles. The van der Waals surface area contributed by atoms with E-state index in [2.05, 4.69) is 21.1 Å². The van der Waals surface area contributed by atoms with Gasteiger partial charge < -0.3 is 19.7 Å². The molecular formula is C12H11BrN2O3. The molecule has 0 bridgehead atoms. The molecule has 0 spiro atoms. The van der Waals surface area contributed by atoms with E-state index in [9.17, 15) is 0 Å². The lowest BCUT2D eigenvalue weighted by Crippen LogP contribution is -1.98. The van der Waals surface area contributed by atoms with Crippen molar-refractivity contribution in [3.8, 4) is 22.6 Å². The van der Waals surface area contributed by atoms with Crippen LogP contribution in [0.15, 0.2) is 27.3 Å². The van der Waals surface area contributed by atoms with Gasteiger partial charge in [-0.2, -0.15) is 0 Å². The summed E-state index contributed by atoms with van der Waals surface area (Å²) in [5, 5.41) is 3.68. The average Bonchev–Trinajstić information content (AvgIpc) is 2.65. The molecule has 0 amide bonds. The Morgan fingerprint density at radius 2 is 1.89 bits per heavy atom. The molecule has 2 heterocycles. The van der Waals surface area contributed by atoms with Crippen LogP contribution in [0.5, 0.6) is 11.5 Å². The van der Waals surface area contributed by atoms with E-state index in [4.69, 9.17) is 19.7 Å². The van der Waals surface area contributed by atoms with Gasteiger partial charge in [0.15, 0.2) is 11.5 Å². The zero-order chi connectivity index (χ0) is 12.5. The van der Waals surface area contributed by atoms with Gasteiger partial charge in [-0.25, -0.2) is 0 Å². The van der Waals surface area contributed by atoms with E-state index < -0.39 is 0 Å². The fourth-order valence-electron chi connectivity index (χ4n) is 1.89.